The number of halogens is 2. The van der Waals surface area contributed by atoms with Gasteiger partial charge in [-0.25, -0.2) is 4.39 Å². The molecule has 0 bridgehead atoms. The molecule has 0 aliphatic carbocycles. The maximum atomic E-state index is 13.0. The predicted molar refractivity (Wildman–Crippen MR) is 58.1 cm³/mol. The Bertz CT molecular complexity index is 411. The van der Waals surface area contributed by atoms with Crippen LogP contribution < -0.4 is 10.1 Å². The quantitative estimate of drug-likeness (QED) is 0.807. The second-order valence-corrected chi connectivity index (χ2v) is 3.84. The van der Waals surface area contributed by atoms with Crippen molar-refractivity contribution in [2.75, 3.05) is 12.5 Å². The number of fused-ring (bicyclic) bond motifs is 1. The monoisotopic (exact) mass is 243 g/mol. The Hall–Kier alpha value is -1.29. The summed E-state index contributed by atoms with van der Waals surface area (Å²) < 4.78 is 18.3. The van der Waals surface area contributed by atoms with Crippen molar-refractivity contribution in [1.82, 2.24) is 5.32 Å². The van der Waals surface area contributed by atoms with E-state index in [1.807, 2.05) is 0 Å². The van der Waals surface area contributed by atoms with Gasteiger partial charge in [-0.05, 0) is 6.07 Å². The second kappa shape index (κ2) is 4.70. The zero-order valence-corrected chi connectivity index (χ0v) is 9.26. The molecule has 1 aromatic carbocycles. The number of carbonyl (C=O) groups excluding carboxylic acids is 1. The molecular weight excluding hydrogens is 233 g/mol. The maximum Gasteiger partial charge on any atom is 0.235 e. The molecule has 0 saturated heterocycles. The van der Waals surface area contributed by atoms with Gasteiger partial charge in [-0.3, -0.25) is 4.79 Å². The van der Waals surface area contributed by atoms with E-state index in [4.69, 9.17) is 16.3 Å². The van der Waals surface area contributed by atoms with Crippen molar-refractivity contribution >= 4 is 17.5 Å². The van der Waals surface area contributed by atoms with E-state index in [1.54, 1.807) is 6.07 Å². The topological polar surface area (TPSA) is 38.3 Å². The fourth-order valence-corrected chi connectivity index (χ4v) is 1.82. The summed E-state index contributed by atoms with van der Waals surface area (Å²) in [4.78, 5) is 11.2. The van der Waals surface area contributed by atoms with Gasteiger partial charge in [0.05, 0.1) is 12.6 Å². The molecule has 5 heteroatoms. The zero-order valence-electron chi connectivity index (χ0n) is 8.50. The molecule has 1 unspecified atom stereocenters. The van der Waals surface area contributed by atoms with Gasteiger partial charge < -0.3 is 10.1 Å². The summed E-state index contributed by atoms with van der Waals surface area (Å²) in [6, 6.07) is 4.17. The van der Waals surface area contributed by atoms with Crippen LogP contribution in [0.2, 0.25) is 0 Å². The normalized spacial score (nSPS) is 18.5. The third-order valence-corrected chi connectivity index (χ3v) is 2.71. The predicted octanol–water partition coefficient (Wildman–Crippen LogP) is 2.00. The van der Waals surface area contributed by atoms with Gasteiger partial charge in [-0.15, -0.1) is 11.6 Å². The van der Waals surface area contributed by atoms with Crippen LogP contribution in [-0.2, 0) is 4.79 Å². The molecule has 86 valence electrons. The lowest BCUT2D eigenvalue weighted by Crippen LogP contribution is -2.32. The Labute approximate surface area is 97.5 Å². The molecule has 1 aliphatic rings. The van der Waals surface area contributed by atoms with Crippen LogP contribution in [0.5, 0.6) is 5.75 Å². The summed E-state index contributed by atoms with van der Waals surface area (Å²) in [7, 11) is 0. The molecule has 1 aromatic rings. The van der Waals surface area contributed by atoms with E-state index in [9.17, 15) is 9.18 Å². The summed E-state index contributed by atoms with van der Waals surface area (Å²) >= 11 is 5.42. The van der Waals surface area contributed by atoms with E-state index < -0.39 is 0 Å². The van der Waals surface area contributed by atoms with Crippen LogP contribution in [0.25, 0.3) is 0 Å². The number of carbonyl (C=O) groups is 1. The third kappa shape index (κ3) is 2.27. The number of alkyl halides is 1. The van der Waals surface area contributed by atoms with E-state index >= 15 is 0 Å². The van der Waals surface area contributed by atoms with Gasteiger partial charge in [0, 0.05) is 18.1 Å². The molecule has 3 nitrogen and oxygen atoms in total. The number of hydrogen-bond donors (Lipinski definition) is 1. The minimum atomic E-state index is -0.344. The summed E-state index contributed by atoms with van der Waals surface area (Å²) in [6.07, 6.45) is 0.668. The zero-order chi connectivity index (χ0) is 11.5. The van der Waals surface area contributed by atoms with E-state index in [1.165, 1.54) is 12.1 Å². The average molecular weight is 244 g/mol. The van der Waals surface area contributed by atoms with E-state index in [2.05, 4.69) is 5.32 Å². The van der Waals surface area contributed by atoms with Gasteiger partial charge >= 0.3 is 0 Å². The van der Waals surface area contributed by atoms with Crippen LogP contribution in [0.4, 0.5) is 4.39 Å². The number of hydrogen-bond acceptors (Lipinski definition) is 2. The number of benzene rings is 1. The Balaban J connectivity index is 2.23. The molecule has 16 heavy (non-hydrogen) atoms. The molecule has 1 amide bonds. The Kier molecular flexibility index (Phi) is 3.29. The SMILES string of the molecule is O=C(CCl)NC1CCOc2cc(F)ccc21. The summed E-state index contributed by atoms with van der Waals surface area (Å²) in [5.41, 5.74) is 0.797. The van der Waals surface area contributed by atoms with Gasteiger partial charge in [0.1, 0.15) is 17.4 Å². The van der Waals surface area contributed by atoms with Crippen molar-refractivity contribution in [2.24, 2.45) is 0 Å². The molecule has 1 heterocycles. The Morgan fingerprint density at radius 1 is 1.62 bits per heavy atom. The van der Waals surface area contributed by atoms with E-state index in [-0.39, 0.29) is 23.6 Å². The molecule has 0 spiro atoms. The van der Waals surface area contributed by atoms with Crippen molar-refractivity contribution in [1.29, 1.82) is 0 Å². The fourth-order valence-electron chi connectivity index (χ4n) is 1.75. The van der Waals surface area contributed by atoms with Crippen LogP contribution in [0, 0.1) is 5.82 Å². The van der Waals surface area contributed by atoms with Crippen molar-refractivity contribution < 1.29 is 13.9 Å². The number of amides is 1. The first-order valence-electron chi connectivity index (χ1n) is 4.98. The van der Waals surface area contributed by atoms with Gasteiger partial charge in [-0.2, -0.15) is 0 Å². The fraction of sp³-hybridized carbons (Fsp3) is 0.364. The van der Waals surface area contributed by atoms with Crippen molar-refractivity contribution in [3.8, 4) is 5.75 Å². The lowest BCUT2D eigenvalue weighted by Gasteiger charge is -2.26. The lowest BCUT2D eigenvalue weighted by atomic mass is 10.0. The smallest absolute Gasteiger partial charge is 0.235 e. The van der Waals surface area contributed by atoms with Gasteiger partial charge in [0.15, 0.2) is 0 Å². The molecule has 1 atom stereocenters. The van der Waals surface area contributed by atoms with Crippen molar-refractivity contribution in [2.45, 2.75) is 12.5 Å². The van der Waals surface area contributed by atoms with Crippen LogP contribution in [0.15, 0.2) is 18.2 Å². The number of ether oxygens (including phenoxy) is 1. The molecule has 0 fully saturated rings. The van der Waals surface area contributed by atoms with Gasteiger partial charge in [0.25, 0.3) is 0 Å². The van der Waals surface area contributed by atoms with Gasteiger partial charge in [0.2, 0.25) is 5.91 Å². The molecule has 0 aromatic heterocycles. The minimum Gasteiger partial charge on any atom is -0.493 e. The van der Waals surface area contributed by atoms with Crippen LogP contribution in [-0.4, -0.2) is 18.4 Å². The second-order valence-electron chi connectivity index (χ2n) is 3.57. The average Bonchev–Trinajstić information content (AvgIpc) is 2.28. The first-order valence-corrected chi connectivity index (χ1v) is 5.51. The standard InChI is InChI=1S/C11H11ClFNO2/c12-6-11(15)14-9-3-4-16-10-5-7(13)1-2-8(9)10/h1-2,5,9H,3-4,6H2,(H,14,15). The van der Waals surface area contributed by atoms with E-state index in [0.29, 0.717) is 18.8 Å². The Morgan fingerprint density at radius 3 is 3.19 bits per heavy atom. The van der Waals surface area contributed by atoms with Crippen molar-refractivity contribution in [3.63, 3.8) is 0 Å². The number of rotatable bonds is 2. The molecule has 1 aliphatic heterocycles. The maximum absolute atomic E-state index is 13.0. The molecule has 0 radical (unpaired) electrons. The first kappa shape index (κ1) is 11.2. The minimum absolute atomic E-state index is 0.0755. The van der Waals surface area contributed by atoms with Crippen molar-refractivity contribution in [3.05, 3.63) is 29.6 Å². The molecule has 2 rings (SSSR count). The van der Waals surface area contributed by atoms with Crippen LogP contribution >= 0.6 is 11.6 Å². The highest BCUT2D eigenvalue weighted by molar-refractivity contribution is 6.27. The molecule has 0 saturated carbocycles. The summed E-state index contributed by atoms with van der Waals surface area (Å²) in [5, 5.41) is 2.77. The van der Waals surface area contributed by atoms with Gasteiger partial charge in [-0.1, -0.05) is 6.07 Å². The number of nitrogens with one attached hydrogen (secondary N) is 1. The van der Waals surface area contributed by atoms with E-state index in [0.717, 1.165) is 5.56 Å². The highest BCUT2D eigenvalue weighted by atomic mass is 35.5. The summed E-state index contributed by atoms with van der Waals surface area (Å²) in [5.74, 6) is -0.161. The lowest BCUT2D eigenvalue weighted by molar-refractivity contribution is -0.119. The first-order chi connectivity index (χ1) is 7.70. The highest BCUT2D eigenvalue weighted by Crippen LogP contribution is 2.32. The third-order valence-electron chi connectivity index (χ3n) is 2.47. The van der Waals surface area contributed by atoms with Crippen LogP contribution in [0.1, 0.15) is 18.0 Å². The summed E-state index contributed by atoms with van der Waals surface area (Å²) in [6.45, 7) is 0.462. The largest absolute Gasteiger partial charge is 0.493 e. The molecular formula is C11H11ClFNO2. The van der Waals surface area contributed by atoms with Crippen LogP contribution in [0.3, 0.4) is 0 Å². The highest BCUT2D eigenvalue weighted by Gasteiger charge is 2.22. The molecule has 1 N–H and O–H groups in total. The Morgan fingerprint density at radius 2 is 2.44 bits per heavy atom.